The molecule has 0 bridgehead atoms. The van der Waals surface area contributed by atoms with Gasteiger partial charge in [-0.1, -0.05) is 19.8 Å². The number of benzene rings is 1. The molecule has 2 nitrogen and oxygen atoms in total. The van der Waals surface area contributed by atoms with Gasteiger partial charge in [-0.2, -0.15) is 0 Å². The molecule has 0 radical (unpaired) electrons. The van der Waals surface area contributed by atoms with E-state index in [1.54, 1.807) is 7.11 Å². The maximum Gasteiger partial charge on any atom is 0.119 e. The third-order valence-electron chi connectivity index (χ3n) is 3.30. The first kappa shape index (κ1) is 14.0. The Kier molecular flexibility index (Phi) is 5.49. The average Bonchev–Trinajstić information content (AvgIpc) is 2.30. The van der Waals surface area contributed by atoms with E-state index in [1.807, 2.05) is 0 Å². The van der Waals surface area contributed by atoms with Crippen LogP contribution in [0.5, 0.6) is 5.75 Å². The number of ether oxygens (including phenoxy) is 1. The summed E-state index contributed by atoms with van der Waals surface area (Å²) in [5.74, 6) is 0.936. The molecular weight excluding hydrogens is 210 g/mol. The van der Waals surface area contributed by atoms with Gasteiger partial charge in [-0.15, -0.1) is 0 Å². The molecule has 0 aliphatic rings. The molecule has 1 atom stereocenters. The van der Waals surface area contributed by atoms with E-state index in [-0.39, 0.29) is 6.04 Å². The number of aryl methyl sites for hydroxylation is 2. The SMILES string of the molecule is CCCCC(N)Cc1c(C)cc(OC)cc1C. The summed E-state index contributed by atoms with van der Waals surface area (Å²) in [6.45, 7) is 6.48. The van der Waals surface area contributed by atoms with Crippen molar-refractivity contribution < 1.29 is 4.74 Å². The fourth-order valence-corrected chi connectivity index (χ4v) is 2.22. The van der Waals surface area contributed by atoms with Gasteiger partial charge in [0.2, 0.25) is 0 Å². The maximum absolute atomic E-state index is 6.17. The van der Waals surface area contributed by atoms with Crippen LogP contribution >= 0.6 is 0 Å². The van der Waals surface area contributed by atoms with Gasteiger partial charge in [-0.3, -0.25) is 0 Å². The van der Waals surface area contributed by atoms with Crippen LogP contribution in [0.25, 0.3) is 0 Å². The van der Waals surface area contributed by atoms with Crippen LogP contribution in [0.2, 0.25) is 0 Å². The lowest BCUT2D eigenvalue weighted by atomic mass is 9.94. The Morgan fingerprint density at radius 1 is 1.24 bits per heavy atom. The normalized spacial score (nSPS) is 12.5. The predicted molar refractivity (Wildman–Crippen MR) is 73.7 cm³/mol. The Morgan fingerprint density at radius 2 is 1.82 bits per heavy atom. The van der Waals surface area contributed by atoms with Gasteiger partial charge in [-0.25, -0.2) is 0 Å². The molecule has 0 saturated heterocycles. The lowest BCUT2D eigenvalue weighted by Crippen LogP contribution is -2.23. The summed E-state index contributed by atoms with van der Waals surface area (Å²) in [7, 11) is 1.71. The van der Waals surface area contributed by atoms with Gasteiger partial charge in [0, 0.05) is 6.04 Å². The van der Waals surface area contributed by atoms with Crippen LogP contribution in [0, 0.1) is 13.8 Å². The minimum Gasteiger partial charge on any atom is -0.497 e. The minimum absolute atomic E-state index is 0.278. The quantitative estimate of drug-likeness (QED) is 0.820. The molecule has 0 fully saturated rings. The van der Waals surface area contributed by atoms with Gasteiger partial charge < -0.3 is 10.5 Å². The third kappa shape index (κ3) is 4.04. The van der Waals surface area contributed by atoms with Crippen molar-refractivity contribution in [1.29, 1.82) is 0 Å². The number of methoxy groups -OCH3 is 1. The maximum atomic E-state index is 6.17. The van der Waals surface area contributed by atoms with Gasteiger partial charge in [-0.05, 0) is 55.5 Å². The lowest BCUT2D eigenvalue weighted by molar-refractivity contribution is 0.414. The Bertz CT molecular complexity index is 337. The summed E-state index contributed by atoms with van der Waals surface area (Å²) < 4.78 is 5.27. The van der Waals surface area contributed by atoms with Gasteiger partial charge in [0.15, 0.2) is 0 Å². The molecule has 1 aromatic rings. The molecule has 0 aromatic heterocycles. The zero-order valence-electron chi connectivity index (χ0n) is 11.5. The molecule has 0 amide bonds. The van der Waals surface area contributed by atoms with Gasteiger partial charge in [0.05, 0.1) is 7.11 Å². The monoisotopic (exact) mass is 235 g/mol. The van der Waals surface area contributed by atoms with Gasteiger partial charge in [0.1, 0.15) is 5.75 Å². The molecule has 0 heterocycles. The van der Waals surface area contributed by atoms with Crippen LogP contribution in [0.1, 0.15) is 42.9 Å². The Labute approximate surface area is 105 Å². The average molecular weight is 235 g/mol. The molecule has 0 aliphatic carbocycles. The highest BCUT2D eigenvalue weighted by Gasteiger charge is 2.10. The summed E-state index contributed by atoms with van der Waals surface area (Å²) in [4.78, 5) is 0. The Morgan fingerprint density at radius 3 is 2.29 bits per heavy atom. The van der Waals surface area contributed by atoms with Crippen molar-refractivity contribution in [2.24, 2.45) is 5.73 Å². The number of hydrogen-bond acceptors (Lipinski definition) is 2. The summed E-state index contributed by atoms with van der Waals surface area (Å²) >= 11 is 0. The highest BCUT2D eigenvalue weighted by molar-refractivity contribution is 5.41. The molecule has 1 rings (SSSR count). The molecule has 1 aromatic carbocycles. The molecule has 2 N–H and O–H groups in total. The molecule has 96 valence electrons. The number of unbranched alkanes of at least 4 members (excludes halogenated alkanes) is 1. The molecule has 17 heavy (non-hydrogen) atoms. The standard InChI is InChI=1S/C15H25NO/c1-5-6-7-13(16)10-15-11(2)8-14(17-4)9-12(15)3/h8-9,13H,5-7,10,16H2,1-4H3. The van der Waals surface area contributed by atoms with E-state index in [1.165, 1.54) is 29.5 Å². The Balaban J connectivity index is 2.77. The van der Waals surface area contributed by atoms with Crippen LogP contribution in [-0.4, -0.2) is 13.2 Å². The van der Waals surface area contributed by atoms with Crippen LogP contribution in [0.3, 0.4) is 0 Å². The van der Waals surface area contributed by atoms with Crippen molar-refractivity contribution in [2.75, 3.05) is 7.11 Å². The zero-order chi connectivity index (χ0) is 12.8. The van der Waals surface area contributed by atoms with Crippen molar-refractivity contribution in [3.05, 3.63) is 28.8 Å². The van der Waals surface area contributed by atoms with E-state index >= 15 is 0 Å². The predicted octanol–water partition coefficient (Wildman–Crippen LogP) is 3.37. The number of nitrogens with two attached hydrogens (primary N) is 1. The summed E-state index contributed by atoms with van der Waals surface area (Å²) in [6, 6.07) is 4.46. The summed E-state index contributed by atoms with van der Waals surface area (Å²) in [5.41, 5.74) is 10.1. The number of rotatable bonds is 6. The molecule has 0 aliphatic heterocycles. The van der Waals surface area contributed by atoms with Gasteiger partial charge >= 0.3 is 0 Å². The van der Waals surface area contributed by atoms with Crippen molar-refractivity contribution in [1.82, 2.24) is 0 Å². The second-order valence-electron chi connectivity index (χ2n) is 4.85. The Hall–Kier alpha value is -1.02. The first-order chi connectivity index (χ1) is 8.08. The zero-order valence-corrected chi connectivity index (χ0v) is 11.5. The van der Waals surface area contributed by atoms with E-state index in [0.717, 1.165) is 18.6 Å². The van der Waals surface area contributed by atoms with Crippen LogP contribution in [0.4, 0.5) is 0 Å². The van der Waals surface area contributed by atoms with E-state index in [4.69, 9.17) is 10.5 Å². The molecule has 2 heteroatoms. The van der Waals surface area contributed by atoms with Crippen LogP contribution in [0.15, 0.2) is 12.1 Å². The van der Waals surface area contributed by atoms with E-state index < -0.39 is 0 Å². The summed E-state index contributed by atoms with van der Waals surface area (Å²) in [5, 5.41) is 0. The third-order valence-corrected chi connectivity index (χ3v) is 3.30. The van der Waals surface area contributed by atoms with E-state index in [2.05, 4.69) is 32.9 Å². The van der Waals surface area contributed by atoms with Crippen molar-refractivity contribution >= 4 is 0 Å². The van der Waals surface area contributed by atoms with Crippen LogP contribution in [-0.2, 0) is 6.42 Å². The topological polar surface area (TPSA) is 35.2 Å². The second-order valence-corrected chi connectivity index (χ2v) is 4.85. The lowest BCUT2D eigenvalue weighted by Gasteiger charge is -2.16. The minimum atomic E-state index is 0.278. The van der Waals surface area contributed by atoms with E-state index in [0.29, 0.717) is 0 Å². The number of hydrogen-bond donors (Lipinski definition) is 1. The van der Waals surface area contributed by atoms with Crippen LogP contribution < -0.4 is 10.5 Å². The van der Waals surface area contributed by atoms with Crippen molar-refractivity contribution in [2.45, 2.75) is 52.5 Å². The first-order valence-electron chi connectivity index (χ1n) is 6.48. The second kappa shape index (κ2) is 6.65. The summed E-state index contributed by atoms with van der Waals surface area (Å²) in [6.07, 6.45) is 4.52. The molecule has 0 saturated carbocycles. The van der Waals surface area contributed by atoms with E-state index in [9.17, 15) is 0 Å². The fourth-order valence-electron chi connectivity index (χ4n) is 2.22. The van der Waals surface area contributed by atoms with Crippen molar-refractivity contribution in [3.63, 3.8) is 0 Å². The molecule has 1 unspecified atom stereocenters. The van der Waals surface area contributed by atoms with Crippen molar-refractivity contribution in [3.8, 4) is 5.75 Å². The molecule has 0 spiro atoms. The fraction of sp³-hybridized carbons (Fsp3) is 0.600. The first-order valence-corrected chi connectivity index (χ1v) is 6.48. The largest absolute Gasteiger partial charge is 0.497 e. The van der Waals surface area contributed by atoms with Gasteiger partial charge in [0.25, 0.3) is 0 Å². The smallest absolute Gasteiger partial charge is 0.119 e. The highest BCUT2D eigenvalue weighted by Crippen LogP contribution is 2.23. The molecular formula is C15H25NO. The highest BCUT2D eigenvalue weighted by atomic mass is 16.5.